The van der Waals surface area contributed by atoms with Crippen molar-refractivity contribution in [1.82, 2.24) is 25.1 Å². The van der Waals surface area contributed by atoms with Gasteiger partial charge < -0.3 is 19.7 Å². The Kier molecular flexibility index (Phi) is 5.59. The van der Waals surface area contributed by atoms with Crippen LogP contribution in [-0.2, 0) is 14.3 Å². The number of morpholine rings is 1. The zero-order chi connectivity index (χ0) is 20.3. The Morgan fingerprint density at radius 1 is 1.32 bits per heavy atom. The maximum atomic E-state index is 12.0. The molecular formula is C18H24N6O4. The summed E-state index contributed by atoms with van der Waals surface area (Å²) in [5.41, 5.74) is 0.102. The number of carbonyl (C=O) groups is 2. The zero-order valence-electron chi connectivity index (χ0n) is 16.4. The van der Waals surface area contributed by atoms with Gasteiger partial charge >= 0.3 is 6.09 Å². The Balaban J connectivity index is 1.74. The van der Waals surface area contributed by atoms with E-state index in [1.54, 1.807) is 50.9 Å². The van der Waals surface area contributed by atoms with E-state index >= 15 is 0 Å². The molecule has 0 aliphatic carbocycles. The average molecular weight is 388 g/mol. The standard InChI is InChI=1S/C18H24N6O4/c1-12(22-17(26)28-18(2,3)4)16-20-11-21-24(16)14-6-5-13(9-19-14)23-7-8-27-10-15(23)25/h5-6,9,11-12H,7-8,10H2,1-4H3,(H,22,26). The first kappa shape index (κ1) is 19.7. The van der Waals surface area contributed by atoms with Crippen molar-refractivity contribution in [2.24, 2.45) is 0 Å². The molecule has 10 heteroatoms. The fourth-order valence-electron chi connectivity index (χ4n) is 2.73. The smallest absolute Gasteiger partial charge is 0.408 e. The van der Waals surface area contributed by atoms with Gasteiger partial charge in [-0.3, -0.25) is 4.79 Å². The molecule has 2 amide bonds. The summed E-state index contributed by atoms with van der Waals surface area (Å²) in [5, 5.41) is 6.94. The summed E-state index contributed by atoms with van der Waals surface area (Å²) in [4.78, 5) is 34.2. The third-order valence-electron chi connectivity index (χ3n) is 3.94. The molecule has 3 rings (SSSR count). The summed E-state index contributed by atoms with van der Waals surface area (Å²) in [5.74, 6) is 0.931. The molecule has 2 aromatic heterocycles. The van der Waals surface area contributed by atoms with Crippen LogP contribution in [0.2, 0.25) is 0 Å². The number of carbonyl (C=O) groups excluding carboxylic acids is 2. The van der Waals surface area contributed by atoms with Crippen molar-refractivity contribution in [1.29, 1.82) is 0 Å². The maximum absolute atomic E-state index is 12.0. The molecular weight excluding hydrogens is 364 g/mol. The molecule has 2 aromatic rings. The molecule has 28 heavy (non-hydrogen) atoms. The van der Waals surface area contributed by atoms with Crippen LogP contribution in [0.3, 0.4) is 0 Å². The number of amides is 2. The van der Waals surface area contributed by atoms with E-state index in [4.69, 9.17) is 9.47 Å². The molecule has 10 nitrogen and oxygen atoms in total. The number of nitrogens with zero attached hydrogens (tertiary/aromatic N) is 5. The second-order valence-corrected chi connectivity index (χ2v) is 7.37. The van der Waals surface area contributed by atoms with Gasteiger partial charge in [-0.2, -0.15) is 9.78 Å². The molecule has 1 N–H and O–H groups in total. The highest BCUT2D eigenvalue weighted by molar-refractivity contribution is 5.94. The van der Waals surface area contributed by atoms with Gasteiger partial charge in [0.25, 0.3) is 5.91 Å². The van der Waals surface area contributed by atoms with Gasteiger partial charge in [-0.25, -0.2) is 14.8 Å². The molecule has 1 aliphatic rings. The molecule has 3 heterocycles. The summed E-state index contributed by atoms with van der Waals surface area (Å²) in [7, 11) is 0. The van der Waals surface area contributed by atoms with Crippen LogP contribution in [-0.4, -0.2) is 57.1 Å². The molecule has 0 radical (unpaired) electrons. The number of pyridine rings is 1. The van der Waals surface area contributed by atoms with Crippen LogP contribution >= 0.6 is 0 Å². The van der Waals surface area contributed by atoms with Gasteiger partial charge in [-0.1, -0.05) is 0 Å². The van der Waals surface area contributed by atoms with Gasteiger partial charge in [0.1, 0.15) is 18.5 Å². The lowest BCUT2D eigenvalue weighted by molar-refractivity contribution is -0.125. The molecule has 1 aliphatic heterocycles. The number of alkyl carbamates (subject to hydrolysis) is 1. The Labute approximate surface area is 162 Å². The number of rotatable bonds is 4. The zero-order valence-corrected chi connectivity index (χ0v) is 16.4. The minimum Gasteiger partial charge on any atom is -0.444 e. The largest absolute Gasteiger partial charge is 0.444 e. The number of nitrogens with one attached hydrogen (secondary N) is 1. The van der Waals surface area contributed by atoms with Gasteiger partial charge in [0, 0.05) is 6.54 Å². The fraction of sp³-hybridized carbons (Fsp3) is 0.500. The summed E-state index contributed by atoms with van der Waals surface area (Å²) < 4.78 is 12.0. The Morgan fingerprint density at radius 2 is 2.11 bits per heavy atom. The molecule has 0 saturated carbocycles. The van der Waals surface area contributed by atoms with Crippen molar-refractivity contribution < 1.29 is 19.1 Å². The van der Waals surface area contributed by atoms with E-state index in [1.807, 2.05) is 0 Å². The van der Waals surface area contributed by atoms with E-state index in [0.29, 0.717) is 30.5 Å². The second-order valence-electron chi connectivity index (χ2n) is 7.37. The predicted octanol–water partition coefficient (Wildman–Crippen LogP) is 1.61. The molecule has 1 atom stereocenters. The quantitative estimate of drug-likeness (QED) is 0.847. The number of hydrogen-bond acceptors (Lipinski definition) is 7. The van der Waals surface area contributed by atoms with Crippen LogP contribution in [0.5, 0.6) is 0 Å². The normalized spacial score (nSPS) is 16.0. The summed E-state index contributed by atoms with van der Waals surface area (Å²) in [6, 6.07) is 3.10. The highest BCUT2D eigenvalue weighted by atomic mass is 16.6. The molecule has 1 saturated heterocycles. The topological polar surface area (TPSA) is 111 Å². The van der Waals surface area contributed by atoms with Gasteiger partial charge in [0.15, 0.2) is 11.6 Å². The predicted molar refractivity (Wildman–Crippen MR) is 100 cm³/mol. The first-order valence-corrected chi connectivity index (χ1v) is 8.98. The van der Waals surface area contributed by atoms with Crippen molar-refractivity contribution in [3.05, 3.63) is 30.5 Å². The fourth-order valence-corrected chi connectivity index (χ4v) is 2.73. The third-order valence-corrected chi connectivity index (χ3v) is 3.94. The van der Waals surface area contributed by atoms with Crippen LogP contribution in [0.4, 0.5) is 10.5 Å². The van der Waals surface area contributed by atoms with E-state index in [-0.39, 0.29) is 12.5 Å². The summed E-state index contributed by atoms with van der Waals surface area (Å²) in [6.07, 6.45) is 2.46. The summed E-state index contributed by atoms with van der Waals surface area (Å²) >= 11 is 0. The van der Waals surface area contributed by atoms with E-state index in [9.17, 15) is 9.59 Å². The minimum atomic E-state index is -0.591. The van der Waals surface area contributed by atoms with Gasteiger partial charge in [0.2, 0.25) is 0 Å². The lowest BCUT2D eigenvalue weighted by atomic mass is 10.2. The minimum absolute atomic E-state index is 0.0722. The second kappa shape index (κ2) is 7.93. The third kappa shape index (κ3) is 4.63. The maximum Gasteiger partial charge on any atom is 0.408 e. The van der Waals surface area contributed by atoms with Gasteiger partial charge in [0.05, 0.1) is 24.5 Å². The Morgan fingerprint density at radius 3 is 2.75 bits per heavy atom. The molecule has 0 bridgehead atoms. The average Bonchev–Trinajstić information content (AvgIpc) is 3.10. The van der Waals surface area contributed by atoms with Crippen LogP contribution < -0.4 is 10.2 Å². The van der Waals surface area contributed by atoms with Crippen LogP contribution in [0.25, 0.3) is 5.82 Å². The molecule has 1 unspecified atom stereocenters. The van der Waals surface area contributed by atoms with Crippen LogP contribution in [0.15, 0.2) is 24.7 Å². The van der Waals surface area contributed by atoms with Crippen molar-refractivity contribution in [3.8, 4) is 5.82 Å². The van der Waals surface area contributed by atoms with E-state index < -0.39 is 17.7 Å². The molecule has 150 valence electrons. The number of anilines is 1. The summed E-state index contributed by atoms with van der Waals surface area (Å²) in [6.45, 7) is 8.23. The van der Waals surface area contributed by atoms with E-state index in [0.717, 1.165) is 0 Å². The van der Waals surface area contributed by atoms with Crippen LogP contribution in [0.1, 0.15) is 39.6 Å². The van der Waals surface area contributed by atoms with Gasteiger partial charge in [-0.15, -0.1) is 0 Å². The highest BCUT2D eigenvalue weighted by Crippen LogP contribution is 2.19. The monoisotopic (exact) mass is 388 g/mol. The SMILES string of the molecule is CC(NC(=O)OC(C)(C)C)c1ncnn1-c1ccc(N2CCOCC2=O)cn1. The lowest BCUT2D eigenvalue weighted by Crippen LogP contribution is -2.41. The van der Waals surface area contributed by atoms with Crippen molar-refractivity contribution >= 4 is 17.7 Å². The Bertz CT molecular complexity index is 843. The number of ether oxygens (including phenoxy) is 2. The molecule has 0 spiro atoms. The first-order chi connectivity index (χ1) is 13.2. The van der Waals surface area contributed by atoms with Gasteiger partial charge in [-0.05, 0) is 39.8 Å². The number of hydrogen-bond donors (Lipinski definition) is 1. The van der Waals surface area contributed by atoms with Crippen molar-refractivity contribution in [3.63, 3.8) is 0 Å². The van der Waals surface area contributed by atoms with Crippen molar-refractivity contribution in [2.45, 2.75) is 39.3 Å². The van der Waals surface area contributed by atoms with Crippen LogP contribution in [0, 0.1) is 0 Å². The molecule has 1 fully saturated rings. The lowest BCUT2D eigenvalue weighted by Gasteiger charge is -2.26. The first-order valence-electron chi connectivity index (χ1n) is 8.98. The molecule has 0 aromatic carbocycles. The number of aromatic nitrogens is 4. The van der Waals surface area contributed by atoms with E-state index in [2.05, 4.69) is 20.4 Å². The highest BCUT2D eigenvalue weighted by Gasteiger charge is 2.23. The van der Waals surface area contributed by atoms with Crippen molar-refractivity contribution in [2.75, 3.05) is 24.7 Å². The Hall–Kier alpha value is -3.01. The van der Waals surface area contributed by atoms with E-state index in [1.165, 1.54) is 11.0 Å².